The summed E-state index contributed by atoms with van der Waals surface area (Å²) in [5.74, 6) is 0. The Labute approximate surface area is 159 Å². The molecular formula is C18H9Cl5. The summed E-state index contributed by atoms with van der Waals surface area (Å²) in [6.07, 6.45) is 0. The molecule has 5 heteroatoms. The number of halogens is 5. The highest BCUT2D eigenvalue weighted by Gasteiger charge is 2.08. The average Bonchev–Trinajstić information content (AvgIpc) is 2.44. The lowest BCUT2D eigenvalue weighted by Gasteiger charge is -2.09. The molecule has 0 saturated carbocycles. The van der Waals surface area contributed by atoms with E-state index in [-0.39, 0.29) is 0 Å². The molecule has 0 unspecified atom stereocenters. The zero-order chi connectivity index (χ0) is 16.6. The summed E-state index contributed by atoms with van der Waals surface area (Å²) in [5, 5.41) is 2.88. The number of benzene rings is 3. The highest BCUT2D eigenvalue weighted by molar-refractivity contribution is 6.36. The molecule has 23 heavy (non-hydrogen) atoms. The molecule has 0 aliphatic rings. The molecule has 3 aromatic rings. The highest BCUT2D eigenvalue weighted by Crippen LogP contribution is 2.34. The van der Waals surface area contributed by atoms with Crippen LogP contribution in [0, 0.1) is 0 Å². The van der Waals surface area contributed by atoms with E-state index in [1.807, 2.05) is 42.5 Å². The van der Waals surface area contributed by atoms with Crippen molar-refractivity contribution in [1.82, 2.24) is 0 Å². The van der Waals surface area contributed by atoms with Crippen LogP contribution in [-0.4, -0.2) is 0 Å². The molecule has 0 aliphatic carbocycles. The zero-order valence-corrected chi connectivity index (χ0v) is 15.4. The van der Waals surface area contributed by atoms with Crippen molar-refractivity contribution < 1.29 is 0 Å². The van der Waals surface area contributed by atoms with Crippen molar-refractivity contribution in [2.45, 2.75) is 0 Å². The van der Waals surface area contributed by atoms with Gasteiger partial charge in [0.25, 0.3) is 0 Å². The Morgan fingerprint density at radius 1 is 0.304 bits per heavy atom. The van der Waals surface area contributed by atoms with Crippen LogP contribution in [0.5, 0.6) is 0 Å². The third kappa shape index (κ3) is 4.15. The monoisotopic (exact) mass is 400 g/mol. The molecule has 3 rings (SSSR count). The molecule has 0 bridgehead atoms. The molecule has 0 nitrogen and oxygen atoms in total. The molecule has 0 radical (unpaired) electrons. The van der Waals surface area contributed by atoms with Gasteiger partial charge >= 0.3 is 0 Å². The second-order valence-corrected chi connectivity index (χ2v) is 7.23. The summed E-state index contributed by atoms with van der Waals surface area (Å²) in [5.41, 5.74) is 3.60. The Hall–Kier alpha value is -0.890. The van der Waals surface area contributed by atoms with E-state index in [1.54, 1.807) is 12.1 Å². The van der Waals surface area contributed by atoms with Crippen LogP contribution in [0.15, 0.2) is 54.6 Å². The van der Waals surface area contributed by atoms with Crippen molar-refractivity contribution in [2.75, 3.05) is 0 Å². The van der Waals surface area contributed by atoms with Gasteiger partial charge in [-0.15, -0.1) is 0 Å². The normalized spacial score (nSPS) is 10.8. The van der Waals surface area contributed by atoms with Crippen LogP contribution in [0.2, 0.25) is 25.1 Å². The molecule has 0 fully saturated rings. The molecule has 0 atom stereocenters. The summed E-state index contributed by atoms with van der Waals surface area (Å²) < 4.78 is 0. The Balaban J connectivity index is 2.16. The quantitative estimate of drug-likeness (QED) is 0.404. The van der Waals surface area contributed by atoms with Gasteiger partial charge < -0.3 is 0 Å². The lowest BCUT2D eigenvalue weighted by atomic mass is 9.99. The Morgan fingerprint density at radius 3 is 0.826 bits per heavy atom. The van der Waals surface area contributed by atoms with Gasteiger partial charge in [0, 0.05) is 25.1 Å². The topological polar surface area (TPSA) is 0 Å². The second-order valence-electron chi connectivity index (χ2n) is 5.04. The molecule has 0 aromatic heterocycles. The van der Waals surface area contributed by atoms with Crippen LogP contribution in [-0.2, 0) is 0 Å². The van der Waals surface area contributed by atoms with Gasteiger partial charge in [0.05, 0.1) is 0 Å². The zero-order valence-electron chi connectivity index (χ0n) is 11.6. The molecule has 0 N–H and O–H groups in total. The van der Waals surface area contributed by atoms with E-state index in [0.29, 0.717) is 25.1 Å². The van der Waals surface area contributed by atoms with Gasteiger partial charge in [-0.3, -0.25) is 0 Å². The first kappa shape index (κ1) is 17.0. The molecule has 0 heterocycles. The third-order valence-corrected chi connectivity index (χ3v) is 4.38. The Bertz CT molecular complexity index is 776. The summed E-state index contributed by atoms with van der Waals surface area (Å²) in [6, 6.07) is 16.5. The first-order valence-electron chi connectivity index (χ1n) is 6.64. The minimum atomic E-state index is 0.569. The van der Waals surface area contributed by atoms with Crippen LogP contribution < -0.4 is 0 Å². The van der Waals surface area contributed by atoms with E-state index in [2.05, 4.69) is 0 Å². The van der Waals surface area contributed by atoms with Crippen molar-refractivity contribution in [3.8, 4) is 22.3 Å². The second kappa shape index (κ2) is 6.93. The van der Waals surface area contributed by atoms with E-state index >= 15 is 0 Å². The maximum atomic E-state index is 6.28. The van der Waals surface area contributed by atoms with Crippen molar-refractivity contribution >= 4 is 58.0 Å². The number of hydrogen-bond acceptors (Lipinski definition) is 0. The minimum absolute atomic E-state index is 0.569. The van der Waals surface area contributed by atoms with E-state index in [1.165, 1.54) is 0 Å². The van der Waals surface area contributed by atoms with Crippen molar-refractivity contribution in [2.24, 2.45) is 0 Å². The van der Waals surface area contributed by atoms with Crippen LogP contribution >= 0.6 is 58.0 Å². The summed E-state index contributed by atoms with van der Waals surface area (Å²) in [7, 11) is 0. The van der Waals surface area contributed by atoms with E-state index in [4.69, 9.17) is 58.0 Å². The van der Waals surface area contributed by atoms with Crippen LogP contribution in [0.4, 0.5) is 0 Å². The van der Waals surface area contributed by atoms with Gasteiger partial charge in [0.1, 0.15) is 0 Å². The van der Waals surface area contributed by atoms with Gasteiger partial charge in [-0.1, -0.05) is 58.0 Å². The molecule has 116 valence electrons. The third-order valence-electron chi connectivity index (χ3n) is 3.29. The first-order valence-corrected chi connectivity index (χ1v) is 8.53. The lowest BCUT2D eigenvalue weighted by molar-refractivity contribution is 1.58. The maximum absolute atomic E-state index is 6.28. The maximum Gasteiger partial charge on any atom is 0.0426 e. The predicted octanol–water partition coefficient (Wildman–Crippen LogP) is 8.29. The fourth-order valence-electron chi connectivity index (χ4n) is 2.36. The standard InChI is InChI=1S/C18H9Cl5/c19-14-2-10(12-4-15(20)8-16(21)5-12)1-11(3-14)13-6-17(22)9-18(23)7-13/h1-9H. The molecule has 0 saturated heterocycles. The molecule has 3 aromatic carbocycles. The van der Waals surface area contributed by atoms with Gasteiger partial charge in [0.2, 0.25) is 0 Å². The van der Waals surface area contributed by atoms with Gasteiger partial charge in [-0.25, -0.2) is 0 Å². The highest BCUT2D eigenvalue weighted by atomic mass is 35.5. The minimum Gasteiger partial charge on any atom is -0.0843 e. The van der Waals surface area contributed by atoms with Gasteiger partial charge in [-0.05, 0) is 76.9 Å². The largest absolute Gasteiger partial charge is 0.0843 e. The fraction of sp³-hybridized carbons (Fsp3) is 0. The first-order chi connectivity index (χ1) is 10.9. The van der Waals surface area contributed by atoms with Crippen molar-refractivity contribution in [3.05, 3.63) is 79.7 Å². The molecule has 0 aliphatic heterocycles. The van der Waals surface area contributed by atoms with Crippen LogP contribution in [0.3, 0.4) is 0 Å². The van der Waals surface area contributed by atoms with Gasteiger partial charge in [0.15, 0.2) is 0 Å². The van der Waals surface area contributed by atoms with E-state index in [9.17, 15) is 0 Å². The predicted molar refractivity (Wildman–Crippen MR) is 102 cm³/mol. The van der Waals surface area contributed by atoms with Crippen molar-refractivity contribution in [3.63, 3.8) is 0 Å². The lowest BCUT2D eigenvalue weighted by Crippen LogP contribution is -1.84. The SMILES string of the molecule is Clc1cc(Cl)cc(-c2cc(Cl)cc(-c3cc(Cl)cc(Cl)c3)c2)c1. The molecular weight excluding hydrogens is 393 g/mol. The summed E-state index contributed by atoms with van der Waals surface area (Å²) in [6.45, 7) is 0. The fourth-order valence-corrected chi connectivity index (χ4v) is 3.65. The molecule has 0 spiro atoms. The Morgan fingerprint density at radius 2 is 0.522 bits per heavy atom. The van der Waals surface area contributed by atoms with Gasteiger partial charge in [-0.2, -0.15) is 0 Å². The van der Waals surface area contributed by atoms with Crippen molar-refractivity contribution in [1.29, 1.82) is 0 Å². The van der Waals surface area contributed by atoms with E-state index in [0.717, 1.165) is 22.3 Å². The summed E-state index contributed by atoms with van der Waals surface area (Å²) >= 11 is 30.6. The van der Waals surface area contributed by atoms with Crippen LogP contribution in [0.25, 0.3) is 22.3 Å². The average molecular weight is 403 g/mol. The van der Waals surface area contributed by atoms with E-state index < -0.39 is 0 Å². The number of hydrogen-bond donors (Lipinski definition) is 0. The molecule has 0 amide bonds. The Kier molecular flexibility index (Phi) is 5.10. The smallest absolute Gasteiger partial charge is 0.0426 e. The van der Waals surface area contributed by atoms with Crippen LogP contribution in [0.1, 0.15) is 0 Å². The number of rotatable bonds is 2. The summed E-state index contributed by atoms with van der Waals surface area (Å²) in [4.78, 5) is 0.